The Labute approximate surface area is 190 Å². The van der Waals surface area contributed by atoms with Crippen LogP contribution in [0.4, 0.5) is 4.79 Å². The molecular formula is C26H33N3O3. The zero-order valence-corrected chi connectivity index (χ0v) is 18.9. The molecule has 2 heterocycles. The van der Waals surface area contributed by atoms with E-state index in [1.807, 2.05) is 36.4 Å². The molecule has 4 rings (SSSR count). The molecule has 0 atom stereocenters. The Morgan fingerprint density at radius 3 is 1.94 bits per heavy atom. The zero-order valence-electron chi connectivity index (χ0n) is 18.9. The van der Waals surface area contributed by atoms with Gasteiger partial charge in [0.2, 0.25) is 0 Å². The molecule has 2 saturated heterocycles. The van der Waals surface area contributed by atoms with Crippen molar-refractivity contribution < 1.29 is 14.3 Å². The van der Waals surface area contributed by atoms with E-state index in [2.05, 4.69) is 29.2 Å². The third-order valence-electron chi connectivity index (χ3n) is 6.85. The Kier molecular flexibility index (Phi) is 7.22. The highest BCUT2D eigenvalue weighted by Gasteiger charge is 2.57. The van der Waals surface area contributed by atoms with Gasteiger partial charge in [-0.05, 0) is 36.8 Å². The highest BCUT2D eigenvalue weighted by atomic mass is 16.5. The van der Waals surface area contributed by atoms with E-state index in [0.29, 0.717) is 39.0 Å². The van der Waals surface area contributed by atoms with Crippen molar-refractivity contribution in [2.45, 2.75) is 31.2 Å². The van der Waals surface area contributed by atoms with E-state index in [4.69, 9.17) is 4.74 Å². The van der Waals surface area contributed by atoms with E-state index >= 15 is 0 Å². The van der Waals surface area contributed by atoms with Crippen LogP contribution in [-0.4, -0.2) is 78.6 Å². The van der Waals surface area contributed by atoms with E-state index < -0.39 is 5.54 Å². The highest BCUT2D eigenvalue weighted by Crippen LogP contribution is 2.37. The van der Waals surface area contributed by atoms with E-state index in [9.17, 15) is 9.59 Å². The average molecular weight is 436 g/mol. The number of benzene rings is 2. The number of ether oxygens (including phenoxy) is 1. The smallest absolute Gasteiger partial charge is 0.327 e. The maximum Gasteiger partial charge on any atom is 0.327 e. The Balaban J connectivity index is 1.42. The molecule has 1 spiro atoms. The maximum absolute atomic E-state index is 13.6. The summed E-state index contributed by atoms with van der Waals surface area (Å²) in [5.74, 6) is -0.0303. The molecule has 0 saturated carbocycles. The van der Waals surface area contributed by atoms with Gasteiger partial charge in [0.15, 0.2) is 0 Å². The van der Waals surface area contributed by atoms with Crippen molar-refractivity contribution >= 4 is 11.9 Å². The maximum atomic E-state index is 13.6. The second kappa shape index (κ2) is 10.3. The van der Waals surface area contributed by atoms with Gasteiger partial charge in [-0.2, -0.15) is 0 Å². The summed E-state index contributed by atoms with van der Waals surface area (Å²) in [6, 6.07) is 20.3. The number of hydrogen-bond donors (Lipinski definition) is 0. The van der Waals surface area contributed by atoms with E-state index in [1.165, 1.54) is 10.5 Å². The van der Waals surface area contributed by atoms with Crippen LogP contribution in [0.2, 0.25) is 0 Å². The fraction of sp³-hybridized carbons (Fsp3) is 0.462. The van der Waals surface area contributed by atoms with Crippen LogP contribution in [0, 0.1) is 0 Å². The largest absolute Gasteiger partial charge is 0.383 e. The molecule has 170 valence electrons. The fourth-order valence-electron chi connectivity index (χ4n) is 4.92. The third-order valence-corrected chi connectivity index (χ3v) is 6.85. The van der Waals surface area contributed by atoms with Crippen LogP contribution < -0.4 is 0 Å². The van der Waals surface area contributed by atoms with E-state index in [0.717, 1.165) is 31.6 Å². The average Bonchev–Trinajstić information content (AvgIpc) is 3.03. The summed E-state index contributed by atoms with van der Waals surface area (Å²) in [6.45, 7) is 3.92. The predicted molar refractivity (Wildman–Crippen MR) is 124 cm³/mol. The van der Waals surface area contributed by atoms with Crippen molar-refractivity contribution in [3.05, 3.63) is 71.8 Å². The number of nitrogens with zero attached hydrogens (tertiary/aromatic N) is 3. The second-order valence-electron chi connectivity index (χ2n) is 8.73. The topological polar surface area (TPSA) is 53.1 Å². The molecule has 2 aliphatic heterocycles. The number of carbonyl (C=O) groups is 2. The first kappa shape index (κ1) is 22.5. The van der Waals surface area contributed by atoms with Crippen LogP contribution in [0.5, 0.6) is 0 Å². The van der Waals surface area contributed by atoms with Crippen molar-refractivity contribution in [1.29, 1.82) is 0 Å². The molecule has 6 heteroatoms. The molecule has 0 aliphatic carbocycles. The molecule has 0 radical (unpaired) electrons. The highest BCUT2D eigenvalue weighted by molar-refractivity contribution is 6.07. The Morgan fingerprint density at radius 1 is 0.812 bits per heavy atom. The Morgan fingerprint density at radius 2 is 1.38 bits per heavy atom. The minimum atomic E-state index is -0.727. The van der Waals surface area contributed by atoms with Gasteiger partial charge < -0.3 is 14.5 Å². The van der Waals surface area contributed by atoms with Gasteiger partial charge in [0.1, 0.15) is 5.54 Å². The minimum Gasteiger partial charge on any atom is -0.383 e. The number of rotatable bonds is 9. The molecule has 2 fully saturated rings. The first-order valence-corrected chi connectivity index (χ1v) is 11.6. The number of likely N-dealkylation sites (tertiary alicyclic amines) is 1. The van der Waals surface area contributed by atoms with Crippen LogP contribution >= 0.6 is 0 Å². The van der Waals surface area contributed by atoms with E-state index in [1.54, 1.807) is 12.0 Å². The van der Waals surface area contributed by atoms with Crippen molar-refractivity contribution in [2.75, 3.05) is 46.4 Å². The van der Waals surface area contributed by atoms with Crippen LogP contribution in [-0.2, 0) is 22.4 Å². The molecule has 6 nitrogen and oxygen atoms in total. The summed E-state index contributed by atoms with van der Waals surface area (Å²) in [5, 5.41) is 0. The van der Waals surface area contributed by atoms with Gasteiger partial charge in [-0.15, -0.1) is 0 Å². The van der Waals surface area contributed by atoms with Crippen molar-refractivity contribution in [3.63, 3.8) is 0 Å². The first-order valence-electron chi connectivity index (χ1n) is 11.6. The number of urea groups is 1. The summed E-state index contributed by atoms with van der Waals surface area (Å²) in [5.41, 5.74) is 1.73. The van der Waals surface area contributed by atoms with Gasteiger partial charge in [-0.25, -0.2) is 4.79 Å². The Bertz CT molecular complexity index is 895. The quantitative estimate of drug-likeness (QED) is 0.568. The van der Waals surface area contributed by atoms with Crippen LogP contribution in [0.15, 0.2) is 60.7 Å². The van der Waals surface area contributed by atoms with Gasteiger partial charge in [0, 0.05) is 39.8 Å². The molecule has 0 aromatic heterocycles. The molecule has 2 aromatic carbocycles. The zero-order chi connectivity index (χ0) is 22.4. The first-order chi connectivity index (χ1) is 15.6. The standard InChI is InChI=1S/C26H33N3O3/c1-32-21-20-29-25(31)28(17-13-23-10-6-3-7-11-23)24(30)26(29)14-18-27(19-15-26)16-12-22-8-4-2-5-9-22/h2-11H,12-21H2,1H3. The lowest BCUT2D eigenvalue weighted by atomic mass is 9.85. The SMILES string of the molecule is COCCN1C(=O)N(CCc2ccccc2)C(=O)C12CCN(CCc1ccccc1)CC2. The monoisotopic (exact) mass is 435 g/mol. The Hall–Kier alpha value is -2.70. The second-order valence-corrected chi connectivity index (χ2v) is 8.73. The predicted octanol–water partition coefficient (Wildman–Crippen LogP) is 3.22. The van der Waals surface area contributed by atoms with Gasteiger partial charge in [-0.3, -0.25) is 9.69 Å². The van der Waals surface area contributed by atoms with Crippen LogP contribution in [0.1, 0.15) is 24.0 Å². The third kappa shape index (κ3) is 4.71. The lowest BCUT2D eigenvalue weighted by Gasteiger charge is -2.42. The van der Waals surface area contributed by atoms with Crippen molar-refractivity contribution in [1.82, 2.24) is 14.7 Å². The molecule has 2 aliphatic rings. The van der Waals surface area contributed by atoms with Gasteiger partial charge in [0.05, 0.1) is 6.61 Å². The summed E-state index contributed by atoms with van der Waals surface area (Å²) in [6.07, 6.45) is 3.03. The van der Waals surface area contributed by atoms with Crippen molar-refractivity contribution in [3.8, 4) is 0 Å². The fourth-order valence-corrected chi connectivity index (χ4v) is 4.92. The van der Waals surface area contributed by atoms with Crippen LogP contribution in [0.25, 0.3) is 0 Å². The van der Waals surface area contributed by atoms with E-state index in [-0.39, 0.29) is 11.9 Å². The van der Waals surface area contributed by atoms with Gasteiger partial charge in [-0.1, -0.05) is 60.7 Å². The molecule has 3 amide bonds. The molecular weight excluding hydrogens is 402 g/mol. The van der Waals surface area contributed by atoms with Gasteiger partial charge in [0.25, 0.3) is 5.91 Å². The normalized spacial score (nSPS) is 18.7. The summed E-state index contributed by atoms with van der Waals surface area (Å²) in [7, 11) is 1.63. The number of hydrogen-bond acceptors (Lipinski definition) is 4. The lowest BCUT2D eigenvalue weighted by molar-refractivity contribution is -0.135. The number of piperidine rings is 1. The number of imide groups is 1. The number of amides is 3. The molecule has 0 N–H and O–H groups in total. The van der Waals surface area contributed by atoms with Gasteiger partial charge >= 0.3 is 6.03 Å². The molecule has 0 unspecified atom stereocenters. The summed E-state index contributed by atoms with van der Waals surface area (Å²) >= 11 is 0. The lowest BCUT2D eigenvalue weighted by Crippen LogP contribution is -2.57. The van der Waals surface area contributed by atoms with Crippen molar-refractivity contribution in [2.24, 2.45) is 0 Å². The molecule has 32 heavy (non-hydrogen) atoms. The summed E-state index contributed by atoms with van der Waals surface area (Å²) < 4.78 is 5.26. The number of carbonyl (C=O) groups excluding carboxylic acids is 2. The molecule has 2 aromatic rings. The number of methoxy groups -OCH3 is 1. The summed E-state index contributed by atoms with van der Waals surface area (Å²) in [4.78, 5) is 32.5. The minimum absolute atomic E-state index is 0.0303. The van der Waals surface area contributed by atoms with Crippen LogP contribution in [0.3, 0.4) is 0 Å². The molecule has 0 bridgehead atoms.